The van der Waals surface area contributed by atoms with Gasteiger partial charge in [0.15, 0.2) is 0 Å². The van der Waals surface area contributed by atoms with E-state index in [1.165, 1.54) is 5.57 Å². The van der Waals surface area contributed by atoms with Crippen LogP contribution in [-0.4, -0.2) is 78.1 Å². The maximum Gasteiger partial charge on any atom is 0.255 e. The van der Waals surface area contributed by atoms with Gasteiger partial charge >= 0.3 is 0 Å². The Morgan fingerprint density at radius 1 is 1.14 bits per heavy atom. The molecule has 3 aliphatic rings. The van der Waals surface area contributed by atoms with E-state index >= 15 is 0 Å². The van der Waals surface area contributed by atoms with Crippen LogP contribution in [0.4, 0.5) is 0 Å². The molecule has 2 amide bonds. The first-order valence-electron chi connectivity index (χ1n) is 18.9. The Morgan fingerprint density at radius 2 is 1.80 bits per heavy atom. The zero-order valence-electron chi connectivity index (χ0n) is 33.6. The van der Waals surface area contributed by atoms with Gasteiger partial charge in [-0.25, -0.2) is 0 Å². The molecule has 1 aromatic rings. The molecule has 10 nitrogen and oxygen atoms in total. The fourth-order valence-electron chi connectivity index (χ4n) is 6.43. The summed E-state index contributed by atoms with van der Waals surface area (Å²) in [5, 5.41) is 20.4. The molecular formula is C41H69N6O4+. The average molecular weight is 710 g/mol. The van der Waals surface area contributed by atoms with Crippen LogP contribution in [0.5, 0.6) is 5.75 Å². The average Bonchev–Trinajstić information content (AvgIpc) is 3.40. The number of rotatable bonds is 9. The number of carbonyl (C=O) groups excluding carboxylic acids is 2. The quantitative estimate of drug-likeness (QED) is 0.0953. The number of aliphatic hydroxyl groups is 1. The first kappa shape index (κ1) is 45.0. The van der Waals surface area contributed by atoms with E-state index in [-0.39, 0.29) is 23.3 Å². The van der Waals surface area contributed by atoms with Crippen molar-refractivity contribution in [1.82, 2.24) is 20.9 Å². The normalized spacial score (nSPS) is 23.8. The number of hydrogen-bond donors (Lipinski definition) is 6. The first-order chi connectivity index (χ1) is 24.3. The lowest BCUT2D eigenvalue weighted by Gasteiger charge is -2.46. The van der Waals surface area contributed by atoms with Crippen molar-refractivity contribution in [3.05, 3.63) is 77.2 Å². The van der Waals surface area contributed by atoms with Gasteiger partial charge in [-0.05, 0) is 50.7 Å². The second-order valence-corrected chi connectivity index (χ2v) is 13.1. The third kappa shape index (κ3) is 11.0. The minimum Gasteiger partial charge on any atom is -0.492 e. The van der Waals surface area contributed by atoms with Gasteiger partial charge in [0, 0.05) is 31.1 Å². The van der Waals surface area contributed by atoms with Gasteiger partial charge in [0.1, 0.15) is 23.4 Å². The van der Waals surface area contributed by atoms with Gasteiger partial charge < -0.3 is 30.7 Å². The minimum atomic E-state index is -0.815. The van der Waals surface area contributed by atoms with Gasteiger partial charge in [0.05, 0.1) is 30.6 Å². The van der Waals surface area contributed by atoms with Gasteiger partial charge in [-0.2, -0.15) is 0 Å². The summed E-state index contributed by atoms with van der Waals surface area (Å²) < 4.78 is 5.92. The van der Waals surface area contributed by atoms with E-state index in [4.69, 9.17) is 10.5 Å². The molecule has 4 atom stereocenters. The van der Waals surface area contributed by atoms with Crippen LogP contribution in [0.15, 0.2) is 66.0 Å². The summed E-state index contributed by atoms with van der Waals surface area (Å²) in [6.07, 6.45) is 10.5. The molecule has 3 heterocycles. The molecule has 0 bridgehead atoms. The molecule has 4 rings (SSSR count). The summed E-state index contributed by atoms with van der Waals surface area (Å²) in [6.45, 7) is 28.2. The highest BCUT2D eigenvalue weighted by molar-refractivity contribution is 5.98. The number of aliphatic hydroxyl groups excluding tert-OH is 1. The molecule has 2 saturated heterocycles. The number of allylic oxidation sites excluding steroid dienone is 4. The predicted molar refractivity (Wildman–Crippen MR) is 212 cm³/mol. The molecule has 3 aliphatic heterocycles. The molecule has 10 heteroatoms. The van der Waals surface area contributed by atoms with Crippen LogP contribution in [0.1, 0.15) is 118 Å². The van der Waals surface area contributed by atoms with E-state index in [2.05, 4.69) is 54.4 Å². The molecule has 0 saturated carbocycles. The largest absolute Gasteiger partial charge is 0.492 e. The van der Waals surface area contributed by atoms with Gasteiger partial charge in [0.2, 0.25) is 5.84 Å². The van der Waals surface area contributed by atoms with Crippen molar-refractivity contribution in [3.8, 4) is 5.75 Å². The van der Waals surface area contributed by atoms with E-state index in [1.807, 2.05) is 90.7 Å². The van der Waals surface area contributed by atoms with E-state index < -0.39 is 17.7 Å². The van der Waals surface area contributed by atoms with E-state index in [9.17, 15) is 14.7 Å². The molecule has 2 fully saturated rings. The third-order valence-corrected chi connectivity index (χ3v) is 9.67. The van der Waals surface area contributed by atoms with Crippen LogP contribution in [0.2, 0.25) is 0 Å². The fourth-order valence-corrected chi connectivity index (χ4v) is 6.43. The van der Waals surface area contributed by atoms with Crippen molar-refractivity contribution >= 4 is 17.6 Å². The molecule has 0 aliphatic carbocycles. The number of benzene rings is 1. The van der Waals surface area contributed by atoms with Crippen molar-refractivity contribution in [1.29, 1.82) is 0 Å². The number of ether oxygens (including phenoxy) is 1. The molecule has 0 radical (unpaired) electrons. The molecule has 0 spiro atoms. The number of nitrogens with two attached hydrogens (primary N) is 1. The zero-order valence-corrected chi connectivity index (χ0v) is 33.6. The number of para-hydroxylation sites is 1. The van der Waals surface area contributed by atoms with Gasteiger partial charge in [-0.3, -0.25) is 20.3 Å². The van der Waals surface area contributed by atoms with Gasteiger partial charge in [-0.1, -0.05) is 105 Å². The Labute approximate surface area is 308 Å². The number of amidine groups is 1. The standard InChI is InChI=1S/C24H35N5O3.C13H21NO.2C2H6/c1-6-19(25)28-18-12-26-14(2)29-13-17(21(30)24(18,29)5)27-22(31)15-8-7-9-16-20(15)32-11-10-23(16,3)4;1-5-8-12(13(15)14-4)10-9-11(6-2)7-3;2*1-2/h7-9,17-18,21,26,30H,2,6,10-13H2,1,3-5H3,(H2,25,28)(H,27,31);6,8-10H,5,7H2,1-4H3,(H,14,15);2*1-2H3/p+1/b;10-9-,11-6-,12-8-;;/t17?,18-,21?,24-;;;/m0.../s1. The number of nitrogens with one attached hydrogen (secondary N) is 4. The van der Waals surface area contributed by atoms with Crippen molar-refractivity contribution in [3.63, 3.8) is 0 Å². The van der Waals surface area contributed by atoms with Crippen LogP contribution < -0.4 is 31.4 Å². The number of likely N-dealkylation sites (N-methyl/N-ethyl adjacent to an activating group) is 1. The van der Waals surface area contributed by atoms with Crippen LogP contribution in [0.3, 0.4) is 0 Å². The number of fused-ring (bicyclic) bond motifs is 2. The maximum atomic E-state index is 13.3. The predicted octanol–water partition coefficient (Wildman–Crippen LogP) is 4.60. The summed E-state index contributed by atoms with van der Waals surface area (Å²) in [5.41, 5.74) is 8.87. The van der Waals surface area contributed by atoms with E-state index in [0.29, 0.717) is 43.3 Å². The highest BCUT2D eigenvalue weighted by atomic mass is 16.5. The zero-order chi connectivity index (χ0) is 38.9. The molecule has 7 N–H and O–H groups in total. The summed E-state index contributed by atoms with van der Waals surface area (Å²) in [6, 6.07) is 5.10. The maximum absolute atomic E-state index is 13.3. The van der Waals surface area contributed by atoms with Crippen molar-refractivity contribution in [2.75, 3.05) is 26.7 Å². The van der Waals surface area contributed by atoms with Gasteiger partial charge in [0.25, 0.3) is 11.8 Å². The van der Waals surface area contributed by atoms with Crippen molar-refractivity contribution < 1.29 is 24.4 Å². The Bertz CT molecular complexity index is 1430. The van der Waals surface area contributed by atoms with Crippen molar-refractivity contribution in [2.24, 2.45) is 5.73 Å². The lowest BCUT2D eigenvalue weighted by atomic mass is 9.79. The van der Waals surface area contributed by atoms with Crippen LogP contribution >= 0.6 is 0 Å². The number of carbonyl (C=O) groups is 2. The van der Waals surface area contributed by atoms with E-state index in [1.54, 1.807) is 13.1 Å². The van der Waals surface area contributed by atoms with Crippen molar-refractivity contribution in [2.45, 2.75) is 131 Å². The molecule has 1 aromatic carbocycles. The fraction of sp³-hybridized carbons (Fsp3) is 0.585. The minimum absolute atomic E-state index is 0.0281. The SMILES string of the molecule is C=C1NC[C@H]([NH+]=C(N)CC)[C@@]2(C)C(O)C(NC(=O)c3cccc4c3OCCC4(C)C)CN12.CC.CC.C\C=C(/C=C\C(=C\CC)C(=O)NC)CC. The Kier molecular flexibility index (Phi) is 18.8. The topological polar surface area (TPSA) is 143 Å². The number of nitrogens with zero attached hydrogens (tertiary/aromatic N) is 1. The summed E-state index contributed by atoms with van der Waals surface area (Å²) >= 11 is 0. The Balaban J connectivity index is 0.000000579. The van der Waals surface area contributed by atoms with E-state index in [0.717, 1.165) is 36.2 Å². The lowest BCUT2D eigenvalue weighted by Crippen LogP contribution is -2.92. The lowest BCUT2D eigenvalue weighted by molar-refractivity contribution is -0.525. The first-order valence-corrected chi connectivity index (χ1v) is 18.9. The molecular weight excluding hydrogens is 640 g/mol. The van der Waals surface area contributed by atoms with Crippen LogP contribution in [0, 0.1) is 0 Å². The summed E-state index contributed by atoms with van der Waals surface area (Å²) in [5.74, 6) is 1.78. The number of amides is 2. The smallest absolute Gasteiger partial charge is 0.255 e. The molecule has 286 valence electrons. The van der Waals surface area contributed by atoms with Crippen LogP contribution in [0.25, 0.3) is 0 Å². The second-order valence-electron chi connectivity index (χ2n) is 13.1. The summed E-state index contributed by atoms with van der Waals surface area (Å²) in [4.78, 5) is 30.1. The molecule has 51 heavy (non-hydrogen) atoms. The third-order valence-electron chi connectivity index (χ3n) is 9.67. The number of hydrogen-bond acceptors (Lipinski definition) is 6. The monoisotopic (exact) mass is 710 g/mol. The van der Waals surface area contributed by atoms with Gasteiger partial charge in [-0.15, -0.1) is 0 Å². The summed E-state index contributed by atoms with van der Waals surface area (Å²) in [7, 11) is 1.65. The molecule has 0 aromatic heterocycles. The second kappa shape index (κ2) is 21.3. The Morgan fingerprint density at radius 3 is 2.37 bits per heavy atom. The Hall–Kier alpha value is -4.05. The highest BCUT2D eigenvalue weighted by Crippen LogP contribution is 2.41. The molecule has 2 unspecified atom stereocenters. The van der Waals surface area contributed by atoms with Crippen LogP contribution in [-0.2, 0) is 10.2 Å². The highest BCUT2D eigenvalue weighted by Gasteiger charge is 2.58.